The minimum atomic E-state index is -1.05. The molecule has 1 aromatic carbocycles. The molecule has 2 rings (SSSR count). The molecule has 0 aliphatic carbocycles. The normalized spacial score (nSPS) is 11.7. The van der Waals surface area contributed by atoms with Crippen molar-refractivity contribution in [2.24, 2.45) is 0 Å². The van der Waals surface area contributed by atoms with Gasteiger partial charge in [-0.25, -0.2) is 9.78 Å². The number of phenolic OH excluding ortho intramolecular Hbond substituents is 1. The highest BCUT2D eigenvalue weighted by molar-refractivity contribution is 5.86. The summed E-state index contributed by atoms with van der Waals surface area (Å²) >= 11 is 0. The number of amides is 1. The molecule has 1 heterocycles. The molecule has 13 nitrogen and oxygen atoms in total. The highest BCUT2D eigenvalue weighted by Gasteiger charge is 2.25. The summed E-state index contributed by atoms with van der Waals surface area (Å²) < 4.78 is 4.74. The van der Waals surface area contributed by atoms with Gasteiger partial charge in [-0.3, -0.25) is 15.4 Å². The minimum Gasteiger partial charge on any atom is -0.508 e. The second kappa shape index (κ2) is 13.6. The molecular weight excluding hydrogens is 426 g/mol. The van der Waals surface area contributed by atoms with E-state index < -0.39 is 34.7 Å². The Morgan fingerprint density at radius 2 is 1.88 bits per heavy atom. The number of hydrogen-bond acceptors (Lipinski definition) is 10. The van der Waals surface area contributed by atoms with Crippen molar-refractivity contribution in [3.8, 4) is 5.75 Å². The molecule has 0 saturated carbocycles. The lowest BCUT2D eigenvalue weighted by molar-refractivity contribution is -0.383. The van der Waals surface area contributed by atoms with Gasteiger partial charge in [0.1, 0.15) is 17.3 Å². The lowest BCUT2D eigenvalue weighted by Gasteiger charge is -2.22. The Bertz CT molecular complexity index is 879. The van der Waals surface area contributed by atoms with E-state index in [1.54, 1.807) is 20.8 Å². The van der Waals surface area contributed by atoms with Gasteiger partial charge in [0, 0.05) is 12.7 Å². The highest BCUT2D eigenvalue weighted by Crippen LogP contribution is 2.34. The Labute approximate surface area is 184 Å². The number of carbonyl (C=O) groups excluding carboxylic acids is 1. The van der Waals surface area contributed by atoms with Crippen LogP contribution in [-0.4, -0.2) is 56.1 Å². The van der Waals surface area contributed by atoms with E-state index >= 15 is 0 Å². The van der Waals surface area contributed by atoms with Crippen molar-refractivity contribution in [3.63, 3.8) is 0 Å². The van der Waals surface area contributed by atoms with Crippen LogP contribution in [-0.2, 0) is 4.74 Å². The summed E-state index contributed by atoms with van der Waals surface area (Å²) in [7, 11) is 0. The fourth-order valence-electron chi connectivity index (χ4n) is 2.48. The van der Waals surface area contributed by atoms with Gasteiger partial charge in [0.2, 0.25) is 5.82 Å². The van der Waals surface area contributed by atoms with E-state index in [1.165, 1.54) is 30.3 Å². The van der Waals surface area contributed by atoms with Crippen LogP contribution in [0.25, 0.3) is 0 Å². The van der Waals surface area contributed by atoms with E-state index in [-0.39, 0.29) is 35.9 Å². The second-order valence-electron chi connectivity index (χ2n) is 6.18. The molecule has 13 heteroatoms. The summed E-state index contributed by atoms with van der Waals surface area (Å²) in [4.78, 5) is 26.0. The van der Waals surface area contributed by atoms with Gasteiger partial charge in [0.25, 0.3) is 0 Å². The molecule has 2 aromatic rings. The number of nitrogens with two attached hydrogens (primary N) is 1. The van der Waals surface area contributed by atoms with Crippen molar-refractivity contribution in [1.82, 2.24) is 4.98 Å². The number of nitrogens with zero attached hydrogens (tertiary/aromatic N) is 2. The summed E-state index contributed by atoms with van der Waals surface area (Å²) in [5.41, 5.74) is 5.65. The van der Waals surface area contributed by atoms with E-state index in [0.717, 1.165) is 0 Å². The molecule has 1 unspecified atom stereocenters. The maximum atomic E-state index is 11.6. The van der Waals surface area contributed by atoms with Crippen molar-refractivity contribution in [1.29, 1.82) is 0 Å². The summed E-state index contributed by atoms with van der Waals surface area (Å²) in [6.45, 7) is 5.29. The smallest absolute Gasteiger partial charge is 0.412 e. The standard InChI is InChI=1S/C17H21N5O6.C2H6O.H2O/c1-3-28-17(25)21-13-8-12(14(22(26)27)16(18)20-13)19-9(2)15(24)10-4-6-11(23)7-5-10;1-2-3;/h4-9,15,23-24H,3H2,1-2H3,(H4,18,19,20,21,25);3H,2H2,1H3;1H2/t9-,15?;;/m0../s1. The van der Waals surface area contributed by atoms with Crippen LogP contribution in [0.2, 0.25) is 0 Å². The number of rotatable bonds is 7. The van der Waals surface area contributed by atoms with E-state index in [1.807, 2.05) is 0 Å². The topological polar surface area (TPSA) is 225 Å². The maximum absolute atomic E-state index is 11.6. The van der Waals surface area contributed by atoms with E-state index in [4.69, 9.17) is 15.6 Å². The van der Waals surface area contributed by atoms with Crippen LogP contribution in [0.4, 0.5) is 27.8 Å². The number of carbonyl (C=O) groups is 1. The number of aliphatic hydroxyl groups is 2. The number of benzene rings is 1. The molecule has 32 heavy (non-hydrogen) atoms. The van der Waals surface area contributed by atoms with E-state index in [9.17, 15) is 25.1 Å². The maximum Gasteiger partial charge on any atom is 0.412 e. The Balaban J connectivity index is 0.00000227. The zero-order valence-corrected chi connectivity index (χ0v) is 17.9. The number of nitrogen functional groups attached to an aromatic ring is 1. The zero-order valence-electron chi connectivity index (χ0n) is 17.9. The van der Waals surface area contributed by atoms with Gasteiger partial charge in [0.05, 0.1) is 23.7 Å². The number of aromatic hydroxyl groups is 1. The third kappa shape index (κ3) is 8.22. The molecule has 9 N–H and O–H groups in total. The molecule has 0 aliphatic rings. The van der Waals surface area contributed by atoms with Crippen molar-refractivity contribution in [3.05, 3.63) is 46.0 Å². The molecule has 2 atom stereocenters. The van der Waals surface area contributed by atoms with Crippen LogP contribution in [0.3, 0.4) is 0 Å². The lowest BCUT2D eigenvalue weighted by Crippen LogP contribution is -2.25. The van der Waals surface area contributed by atoms with Crippen molar-refractivity contribution < 1.29 is 35.3 Å². The molecule has 0 radical (unpaired) electrons. The largest absolute Gasteiger partial charge is 0.508 e. The second-order valence-corrected chi connectivity index (χ2v) is 6.18. The molecular formula is C19H29N5O8. The monoisotopic (exact) mass is 455 g/mol. The summed E-state index contributed by atoms with van der Waals surface area (Å²) in [5, 5.41) is 43.9. The van der Waals surface area contributed by atoms with Gasteiger partial charge in [-0.05, 0) is 38.5 Å². The van der Waals surface area contributed by atoms with E-state index in [0.29, 0.717) is 5.56 Å². The average Bonchev–Trinajstić information content (AvgIpc) is 2.68. The molecule has 0 spiro atoms. The number of pyridine rings is 1. The SMILES string of the molecule is CCO.CCOC(=O)Nc1cc(N[C@@H](C)C(O)c2ccc(O)cc2)c([N+](=O)[O-])c(N)n1.O. The van der Waals surface area contributed by atoms with Gasteiger partial charge in [0.15, 0.2) is 0 Å². The first-order chi connectivity index (χ1) is 14.6. The molecule has 0 aliphatic heterocycles. The Hall–Kier alpha value is -3.68. The summed E-state index contributed by atoms with van der Waals surface area (Å²) in [6.07, 6.45) is -1.83. The number of anilines is 3. The Morgan fingerprint density at radius 3 is 2.38 bits per heavy atom. The predicted molar refractivity (Wildman–Crippen MR) is 118 cm³/mol. The zero-order chi connectivity index (χ0) is 23.6. The van der Waals surface area contributed by atoms with Crippen LogP contribution in [0.15, 0.2) is 30.3 Å². The van der Waals surface area contributed by atoms with Gasteiger partial charge < -0.3 is 36.6 Å². The number of nitro groups is 1. The first-order valence-electron chi connectivity index (χ1n) is 9.37. The van der Waals surface area contributed by atoms with Gasteiger partial charge in [-0.15, -0.1) is 0 Å². The molecule has 1 amide bonds. The Kier molecular flexibility index (Phi) is 12.0. The predicted octanol–water partition coefficient (Wildman–Crippen LogP) is 1.55. The molecule has 1 aromatic heterocycles. The van der Waals surface area contributed by atoms with Crippen molar-refractivity contribution in [2.75, 3.05) is 29.6 Å². The number of phenols is 1. The number of hydrogen-bond donors (Lipinski definition) is 6. The van der Waals surface area contributed by atoms with Crippen LogP contribution in [0.5, 0.6) is 5.75 Å². The Morgan fingerprint density at radius 1 is 1.31 bits per heavy atom. The summed E-state index contributed by atoms with van der Waals surface area (Å²) in [5.74, 6) is -0.410. The van der Waals surface area contributed by atoms with Crippen molar-refractivity contribution >= 4 is 29.1 Å². The van der Waals surface area contributed by atoms with Gasteiger partial charge in [-0.2, -0.15) is 0 Å². The van der Waals surface area contributed by atoms with Crippen molar-refractivity contribution in [2.45, 2.75) is 32.9 Å². The summed E-state index contributed by atoms with van der Waals surface area (Å²) in [6, 6.07) is 6.44. The fourth-order valence-corrected chi connectivity index (χ4v) is 2.48. The van der Waals surface area contributed by atoms with Gasteiger partial charge in [-0.1, -0.05) is 12.1 Å². The fraction of sp³-hybridized carbons (Fsp3) is 0.368. The number of aliphatic hydroxyl groups excluding tert-OH is 2. The van der Waals surface area contributed by atoms with Crippen LogP contribution < -0.4 is 16.4 Å². The van der Waals surface area contributed by atoms with Crippen LogP contribution >= 0.6 is 0 Å². The van der Waals surface area contributed by atoms with Gasteiger partial charge >= 0.3 is 11.8 Å². The first-order valence-corrected chi connectivity index (χ1v) is 9.37. The minimum absolute atomic E-state index is 0. The number of aromatic nitrogens is 1. The van der Waals surface area contributed by atoms with Crippen LogP contribution in [0.1, 0.15) is 32.4 Å². The lowest BCUT2D eigenvalue weighted by atomic mass is 10.0. The molecule has 178 valence electrons. The molecule has 0 bridgehead atoms. The third-order valence-electron chi connectivity index (χ3n) is 3.80. The third-order valence-corrected chi connectivity index (χ3v) is 3.80. The van der Waals surface area contributed by atoms with E-state index in [2.05, 4.69) is 15.6 Å². The number of nitrogens with one attached hydrogen (secondary N) is 2. The molecule has 0 fully saturated rings. The molecule has 0 saturated heterocycles. The number of ether oxygens (including phenoxy) is 1. The van der Waals surface area contributed by atoms with Crippen LogP contribution in [0, 0.1) is 10.1 Å². The first kappa shape index (κ1) is 28.3. The average molecular weight is 455 g/mol. The quantitative estimate of drug-likeness (QED) is 0.261. The highest BCUT2D eigenvalue weighted by atomic mass is 16.6.